The van der Waals surface area contributed by atoms with Gasteiger partial charge < -0.3 is 26.6 Å². The van der Waals surface area contributed by atoms with Gasteiger partial charge in [-0.25, -0.2) is 4.39 Å². The fourth-order valence-corrected chi connectivity index (χ4v) is 5.60. The van der Waals surface area contributed by atoms with Crippen LogP contribution in [-0.2, 0) is 32.0 Å². The summed E-state index contributed by atoms with van der Waals surface area (Å²) in [5.74, 6) is -1.95. The fraction of sp³-hybridized carbons (Fsp3) is 0.462. The van der Waals surface area contributed by atoms with E-state index in [-0.39, 0.29) is 43.2 Å². The van der Waals surface area contributed by atoms with Crippen LogP contribution in [0.15, 0.2) is 41.8 Å². The molecule has 4 atom stereocenters. The highest BCUT2D eigenvalue weighted by molar-refractivity contribution is 7.10. The molecule has 0 radical (unpaired) electrons. The van der Waals surface area contributed by atoms with Gasteiger partial charge in [-0.3, -0.25) is 19.2 Å². The number of nitrogens with one attached hydrogen (secondary N) is 3. The minimum atomic E-state index is -1.03. The van der Waals surface area contributed by atoms with E-state index < -0.39 is 29.7 Å². The smallest absolute Gasteiger partial charge is 0.243 e. The Morgan fingerprint density at radius 2 is 1.95 bits per heavy atom. The Morgan fingerprint density at radius 3 is 2.59 bits per heavy atom. The van der Waals surface area contributed by atoms with E-state index in [9.17, 15) is 23.6 Å². The predicted octanol–water partition coefficient (Wildman–Crippen LogP) is 0.870. The number of piperidine rings is 1. The van der Waals surface area contributed by atoms with Gasteiger partial charge in [0.15, 0.2) is 0 Å². The summed E-state index contributed by atoms with van der Waals surface area (Å²) in [5.41, 5.74) is 6.20. The summed E-state index contributed by atoms with van der Waals surface area (Å²) in [6.45, 7) is 1.04. The third kappa shape index (κ3) is 7.14. The summed E-state index contributed by atoms with van der Waals surface area (Å²) in [5, 5.41) is 10.8. The molecule has 3 heterocycles. The molecule has 0 bridgehead atoms. The highest BCUT2D eigenvalue weighted by Gasteiger charge is 2.40. The van der Waals surface area contributed by atoms with Gasteiger partial charge in [-0.05, 0) is 61.4 Å². The quantitative estimate of drug-likeness (QED) is 0.383. The Balaban J connectivity index is 1.46. The van der Waals surface area contributed by atoms with Gasteiger partial charge in [0.2, 0.25) is 23.6 Å². The van der Waals surface area contributed by atoms with Crippen molar-refractivity contribution in [2.24, 2.45) is 5.73 Å². The van der Waals surface area contributed by atoms with Crippen LogP contribution in [0.3, 0.4) is 0 Å². The molecule has 11 heteroatoms. The molecule has 4 rings (SSSR count). The number of primary amides is 1. The largest absolute Gasteiger partial charge is 0.368 e. The predicted molar refractivity (Wildman–Crippen MR) is 137 cm³/mol. The number of halogens is 1. The summed E-state index contributed by atoms with van der Waals surface area (Å²) >= 11 is 1.50. The van der Waals surface area contributed by atoms with Crippen LogP contribution in [0.2, 0.25) is 0 Å². The first-order valence-electron chi connectivity index (χ1n) is 12.5. The van der Waals surface area contributed by atoms with E-state index in [0.29, 0.717) is 24.9 Å². The van der Waals surface area contributed by atoms with Crippen LogP contribution in [-0.4, -0.2) is 65.8 Å². The molecule has 0 aliphatic carbocycles. The van der Waals surface area contributed by atoms with E-state index in [1.807, 2.05) is 17.5 Å². The number of carbonyl (C=O) groups excluding carboxylic acids is 4. The summed E-state index contributed by atoms with van der Waals surface area (Å²) in [4.78, 5) is 54.0. The molecule has 4 amide bonds. The molecule has 2 aromatic rings. The summed E-state index contributed by atoms with van der Waals surface area (Å²) in [6, 6.07) is 6.82. The second kappa shape index (κ2) is 12.3. The SMILES string of the molecule is NC(=O)C(Cc1ccc(F)cc1)NC(=O)C1CC(NC(=O)Cc2cccs2)CCN1C(=O)C1CCCN1. The van der Waals surface area contributed by atoms with Gasteiger partial charge in [0.25, 0.3) is 0 Å². The molecule has 5 N–H and O–H groups in total. The van der Waals surface area contributed by atoms with Crippen molar-refractivity contribution < 1.29 is 23.6 Å². The van der Waals surface area contributed by atoms with E-state index >= 15 is 0 Å². The lowest BCUT2D eigenvalue weighted by atomic mass is 9.94. The van der Waals surface area contributed by atoms with Gasteiger partial charge in [0.1, 0.15) is 17.9 Å². The molecule has 2 aliphatic rings. The summed E-state index contributed by atoms with van der Waals surface area (Å²) in [6.07, 6.45) is 2.66. The van der Waals surface area contributed by atoms with Crippen molar-refractivity contribution in [1.82, 2.24) is 20.9 Å². The highest BCUT2D eigenvalue weighted by atomic mass is 32.1. The van der Waals surface area contributed by atoms with Crippen LogP contribution in [0.1, 0.15) is 36.1 Å². The van der Waals surface area contributed by atoms with Crippen molar-refractivity contribution in [3.8, 4) is 0 Å². The Hall–Kier alpha value is -3.31. The number of rotatable bonds is 9. The van der Waals surface area contributed by atoms with Crippen molar-refractivity contribution in [2.45, 2.75) is 62.7 Å². The van der Waals surface area contributed by atoms with Gasteiger partial charge in [-0.1, -0.05) is 18.2 Å². The van der Waals surface area contributed by atoms with Crippen LogP contribution in [0.5, 0.6) is 0 Å². The molecule has 37 heavy (non-hydrogen) atoms. The van der Waals surface area contributed by atoms with Gasteiger partial charge >= 0.3 is 0 Å². The molecular weight excluding hydrogens is 497 g/mol. The van der Waals surface area contributed by atoms with E-state index in [0.717, 1.165) is 17.8 Å². The zero-order chi connectivity index (χ0) is 26.4. The molecule has 2 saturated heterocycles. The van der Waals surface area contributed by atoms with Crippen molar-refractivity contribution >= 4 is 35.0 Å². The maximum atomic E-state index is 13.5. The van der Waals surface area contributed by atoms with Gasteiger partial charge in [-0.15, -0.1) is 11.3 Å². The Bertz CT molecular complexity index is 1100. The minimum absolute atomic E-state index is 0.0905. The van der Waals surface area contributed by atoms with Gasteiger partial charge in [0, 0.05) is 23.9 Å². The number of likely N-dealkylation sites (tertiary alicyclic amines) is 1. The van der Waals surface area contributed by atoms with E-state index in [4.69, 9.17) is 5.73 Å². The fourth-order valence-electron chi connectivity index (χ4n) is 4.90. The van der Waals surface area contributed by atoms with Crippen LogP contribution >= 0.6 is 11.3 Å². The number of nitrogens with zero attached hydrogens (tertiary/aromatic N) is 1. The van der Waals surface area contributed by atoms with Crippen molar-refractivity contribution in [3.63, 3.8) is 0 Å². The highest BCUT2D eigenvalue weighted by Crippen LogP contribution is 2.22. The normalized spacial score (nSPS) is 22.3. The molecule has 2 aliphatic heterocycles. The number of benzene rings is 1. The standard InChI is InChI=1S/C26H32FN5O4S/c27-17-7-5-16(6-8-17)13-21(24(28)34)31-25(35)22-14-18(30-23(33)15-19-3-2-12-37-19)9-11-32(22)26(36)20-4-1-10-29-20/h2-3,5-8,12,18,20-22,29H,1,4,9-11,13-15H2,(H2,28,34)(H,30,33)(H,31,35). The van der Waals surface area contributed by atoms with Crippen LogP contribution < -0.4 is 21.7 Å². The van der Waals surface area contributed by atoms with Crippen molar-refractivity contribution in [2.75, 3.05) is 13.1 Å². The summed E-state index contributed by atoms with van der Waals surface area (Å²) < 4.78 is 13.3. The van der Waals surface area contributed by atoms with E-state index in [2.05, 4.69) is 16.0 Å². The lowest BCUT2D eigenvalue weighted by Gasteiger charge is -2.40. The topological polar surface area (TPSA) is 134 Å². The lowest BCUT2D eigenvalue weighted by molar-refractivity contribution is -0.145. The first-order valence-corrected chi connectivity index (χ1v) is 13.4. The van der Waals surface area contributed by atoms with Crippen molar-refractivity contribution in [1.29, 1.82) is 0 Å². The number of carbonyl (C=O) groups is 4. The zero-order valence-corrected chi connectivity index (χ0v) is 21.3. The molecule has 9 nitrogen and oxygen atoms in total. The number of hydrogen-bond donors (Lipinski definition) is 4. The second-order valence-electron chi connectivity index (χ2n) is 9.54. The van der Waals surface area contributed by atoms with Gasteiger partial charge in [-0.2, -0.15) is 0 Å². The Morgan fingerprint density at radius 1 is 1.16 bits per heavy atom. The Labute approximate surface area is 219 Å². The third-order valence-corrected chi connectivity index (χ3v) is 7.72. The lowest BCUT2D eigenvalue weighted by Crippen LogP contribution is -2.61. The molecule has 1 aromatic heterocycles. The molecular formula is C26H32FN5O4S. The number of hydrogen-bond acceptors (Lipinski definition) is 6. The summed E-state index contributed by atoms with van der Waals surface area (Å²) in [7, 11) is 0. The number of amides is 4. The molecule has 2 fully saturated rings. The number of thiophene rings is 1. The van der Waals surface area contributed by atoms with E-state index in [1.165, 1.54) is 35.6 Å². The Kier molecular flexibility index (Phi) is 8.88. The van der Waals surface area contributed by atoms with Crippen LogP contribution in [0.4, 0.5) is 4.39 Å². The van der Waals surface area contributed by atoms with Crippen LogP contribution in [0, 0.1) is 5.82 Å². The maximum absolute atomic E-state index is 13.5. The third-order valence-electron chi connectivity index (χ3n) is 6.84. The average molecular weight is 530 g/mol. The monoisotopic (exact) mass is 529 g/mol. The van der Waals surface area contributed by atoms with E-state index in [1.54, 1.807) is 4.90 Å². The van der Waals surface area contributed by atoms with Crippen molar-refractivity contribution in [3.05, 3.63) is 58.0 Å². The molecule has 1 aromatic carbocycles. The first kappa shape index (κ1) is 26.7. The second-order valence-corrected chi connectivity index (χ2v) is 10.6. The molecule has 198 valence electrons. The van der Waals surface area contributed by atoms with Gasteiger partial charge in [0.05, 0.1) is 12.5 Å². The first-order chi connectivity index (χ1) is 17.8. The zero-order valence-electron chi connectivity index (χ0n) is 20.5. The molecule has 0 saturated carbocycles. The average Bonchev–Trinajstić information content (AvgIpc) is 3.59. The maximum Gasteiger partial charge on any atom is 0.243 e. The molecule has 4 unspecified atom stereocenters. The van der Waals surface area contributed by atoms with Crippen LogP contribution in [0.25, 0.3) is 0 Å². The molecule has 0 spiro atoms. The number of nitrogens with two attached hydrogens (primary N) is 1. The minimum Gasteiger partial charge on any atom is -0.368 e.